The summed E-state index contributed by atoms with van der Waals surface area (Å²) in [5.41, 5.74) is 2.41. The quantitative estimate of drug-likeness (QED) is 0.416. The van der Waals surface area contributed by atoms with E-state index in [2.05, 4.69) is 40.7 Å². The lowest BCUT2D eigenvalue weighted by molar-refractivity contribution is -0.142. The summed E-state index contributed by atoms with van der Waals surface area (Å²) in [5.74, 6) is 4.33. The number of hydrogen-bond donors (Lipinski definition) is 1. The fourth-order valence-electron chi connectivity index (χ4n) is 9.35. The van der Waals surface area contributed by atoms with Gasteiger partial charge in [-0.2, -0.15) is 0 Å². The van der Waals surface area contributed by atoms with Gasteiger partial charge in [-0.25, -0.2) is 0 Å². The summed E-state index contributed by atoms with van der Waals surface area (Å²) in [6.07, 6.45) is 17.4. The van der Waals surface area contributed by atoms with Crippen molar-refractivity contribution in [1.29, 1.82) is 0 Å². The third-order valence-electron chi connectivity index (χ3n) is 10.8. The molecule has 3 fully saturated rings. The van der Waals surface area contributed by atoms with Gasteiger partial charge in [0.25, 0.3) is 0 Å². The van der Waals surface area contributed by atoms with Crippen LogP contribution in [0.2, 0.25) is 0 Å². The van der Waals surface area contributed by atoms with E-state index in [0.29, 0.717) is 35.0 Å². The molecule has 176 valence electrons. The maximum absolute atomic E-state index is 11.9. The summed E-state index contributed by atoms with van der Waals surface area (Å²) in [4.78, 5) is 11.9. The Bertz CT molecular complexity index is 693. The summed E-state index contributed by atoms with van der Waals surface area (Å²) >= 11 is 0. The van der Waals surface area contributed by atoms with Crippen LogP contribution in [0.5, 0.6) is 0 Å². The minimum Gasteiger partial charge on any atom is -0.481 e. The molecule has 31 heavy (non-hydrogen) atoms. The molecule has 0 spiro atoms. The van der Waals surface area contributed by atoms with E-state index in [9.17, 15) is 9.90 Å². The monoisotopic (exact) mass is 428 g/mol. The Morgan fingerprint density at radius 3 is 2.58 bits per heavy atom. The maximum Gasteiger partial charge on any atom is 0.303 e. The van der Waals surface area contributed by atoms with Gasteiger partial charge in [0, 0.05) is 6.42 Å². The molecule has 0 heterocycles. The van der Waals surface area contributed by atoms with E-state index < -0.39 is 5.97 Å². The van der Waals surface area contributed by atoms with Gasteiger partial charge in [0.05, 0.1) is 0 Å². The van der Waals surface area contributed by atoms with Crippen molar-refractivity contribution in [2.75, 3.05) is 0 Å². The van der Waals surface area contributed by atoms with Crippen LogP contribution in [-0.2, 0) is 4.79 Å². The molecule has 8 atom stereocenters. The fraction of sp³-hybridized carbons (Fsp3) is 0.897. The third kappa shape index (κ3) is 4.15. The van der Waals surface area contributed by atoms with E-state index in [4.69, 9.17) is 0 Å². The molecule has 0 aromatic rings. The molecule has 4 aliphatic carbocycles. The number of hydrogen-bond acceptors (Lipinski definition) is 1. The highest BCUT2D eigenvalue weighted by Gasteiger charge is 2.61. The van der Waals surface area contributed by atoms with Gasteiger partial charge < -0.3 is 5.11 Å². The van der Waals surface area contributed by atoms with E-state index in [0.717, 1.165) is 30.1 Å². The van der Waals surface area contributed by atoms with Crippen LogP contribution in [-0.4, -0.2) is 11.1 Å². The Kier molecular flexibility index (Phi) is 6.68. The number of allylic oxidation sites excluding steroid dienone is 2. The number of carbonyl (C=O) groups is 1. The zero-order valence-corrected chi connectivity index (χ0v) is 21.0. The average molecular weight is 429 g/mol. The van der Waals surface area contributed by atoms with Crippen LogP contribution < -0.4 is 0 Å². The van der Waals surface area contributed by atoms with E-state index in [-0.39, 0.29) is 0 Å². The number of carboxylic acids is 1. The first-order chi connectivity index (χ1) is 14.7. The smallest absolute Gasteiger partial charge is 0.303 e. The van der Waals surface area contributed by atoms with Crippen molar-refractivity contribution in [3.63, 3.8) is 0 Å². The SMILES string of the molecule is CC(C)CCC[C@@H](C)[C@H]1CC[C@H]2[C@@H]3[C@@H](CC(=O)O)CC4=CCCC[C@]4(C)[C@H]3CC[C@]12C. The Labute approximate surface area is 191 Å². The van der Waals surface area contributed by atoms with Gasteiger partial charge in [0.1, 0.15) is 0 Å². The van der Waals surface area contributed by atoms with Crippen LogP contribution in [0.25, 0.3) is 0 Å². The lowest BCUT2D eigenvalue weighted by Gasteiger charge is -2.61. The molecular weight excluding hydrogens is 380 g/mol. The minimum atomic E-state index is -0.576. The van der Waals surface area contributed by atoms with Gasteiger partial charge in [-0.15, -0.1) is 0 Å². The summed E-state index contributed by atoms with van der Waals surface area (Å²) in [7, 11) is 0. The van der Waals surface area contributed by atoms with Gasteiger partial charge in [-0.1, -0.05) is 65.5 Å². The Balaban J connectivity index is 1.58. The van der Waals surface area contributed by atoms with Crippen LogP contribution >= 0.6 is 0 Å². The molecule has 0 aromatic heterocycles. The highest BCUT2D eigenvalue weighted by Crippen LogP contribution is 2.69. The first-order valence-electron chi connectivity index (χ1n) is 13.6. The molecule has 2 heteroatoms. The van der Waals surface area contributed by atoms with Crippen LogP contribution in [0.15, 0.2) is 11.6 Å². The lowest BCUT2D eigenvalue weighted by atomic mass is 9.44. The largest absolute Gasteiger partial charge is 0.481 e. The second-order valence-electron chi connectivity index (χ2n) is 12.9. The molecule has 0 radical (unpaired) electrons. The number of carboxylic acid groups (broad SMARTS) is 1. The van der Waals surface area contributed by atoms with Crippen LogP contribution in [0.4, 0.5) is 0 Å². The van der Waals surface area contributed by atoms with Crippen molar-refractivity contribution >= 4 is 5.97 Å². The first-order valence-corrected chi connectivity index (χ1v) is 13.6. The summed E-state index contributed by atoms with van der Waals surface area (Å²) < 4.78 is 0. The van der Waals surface area contributed by atoms with Crippen molar-refractivity contribution in [2.45, 2.75) is 112 Å². The van der Waals surface area contributed by atoms with E-state index in [1.165, 1.54) is 64.2 Å². The highest BCUT2D eigenvalue weighted by atomic mass is 16.4. The third-order valence-corrected chi connectivity index (χ3v) is 10.8. The summed E-state index contributed by atoms with van der Waals surface area (Å²) in [5, 5.41) is 9.78. The minimum absolute atomic E-state index is 0.347. The van der Waals surface area contributed by atoms with Gasteiger partial charge in [0.15, 0.2) is 0 Å². The molecule has 4 rings (SSSR count). The Morgan fingerprint density at radius 2 is 1.87 bits per heavy atom. The van der Waals surface area contributed by atoms with Crippen molar-refractivity contribution in [2.24, 2.45) is 52.3 Å². The van der Waals surface area contributed by atoms with E-state index >= 15 is 0 Å². The summed E-state index contributed by atoms with van der Waals surface area (Å²) in [6.45, 7) is 12.4. The molecule has 4 aliphatic rings. The molecule has 0 bridgehead atoms. The molecule has 0 aromatic carbocycles. The van der Waals surface area contributed by atoms with Crippen molar-refractivity contribution in [1.82, 2.24) is 0 Å². The zero-order valence-electron chi connectivity index (χ0n) is 21.0. The van der Waals surface area contributed by atoms with Gasteiger partial charge in [-0.05, 0) is 104 Å². The van der Waals surface area contributed by atoms with Crippen LogP contribution in [0.1, 0.15) is 112 Å². The van der Waals surface area contributed by atoms with Gasteiger partial charge in [-0.3, -0.25) is 4.79 Å². The van der Waals surface area contributed by atoms with Crippen molar-refractivity contribution in [3.05, 3.63) is 11.6 Å². The van der Waals surface area contributed by atoms with Crippen molar-refractivity contribution < 1.29 is 9.90 Å². The second-order valence-corrected chi connectivity index (χ2v) is 12.9. The van der Waals surface area contributed by atoms with Crippen LogP contribution in [0.3, 0.4) is 0 Å². The molecule has 0 saturated heterocycles. The highest BCUT2D eigenvalue weighted by molar-refractivity contribution is 5.67. The molecule has 2 nitrogen and oxygen atoms in total. The van der Waals surface area contributed by atoms with Gasteiger partial charge in [0.2, 0.25) is 0 Å². The standard InChI is InChI=1S/C29H48O2/c1-19(2)9-8-10-20(3)23-12-13-24-27-21(18-26(30)31)17-22-11-6-7-15-28(22,4)25(27)14-16-29(23,24)5/h11,19-21,23-25,27H,6-10,12-18H2,1-5H3,(H,30,31)/t20-,21-,23-,24+,25+,27+,28+,29-/m1/s1. The molecule has 0 aliphatic heterocycles. The van der Waals surface area contributed by atoms with Crippen LogP contribution in [0, 0.1) is 52.3 Å². The Hall–Kier alpha value is -0.790. The number of aliphatic carboxylic acids is 1. The maximum atomic E-state index is 11.9. The molecule has 0 unspecified atom stereocenters. The summed E-state index contributed by atoms with van der Waals surface area (Å²) in [6, 6.07) is 0. The molecule has 0 amide bonds. The normalized spacial score (nSPS) is 43.0. The first kappa shape index (κ1) is 23.4. The number of rotatable bonds is 7. The van der Waals surface area contributed by atoms with E-state index in [1.807, 2.05) is 0 Å². The Morgan fingerprint density at radius 1 is 1.10 bits per heavy atom. The number of fused-ring (bicyclic) bond motifs is 5. The lowest BCUT2D eigenvalue weighted by Crippen LogP contribution is -2.54. The predicted molar refractivity (Wildman–Crippen MR) is 129 cm³/mol. The van der Waals surface area contributed by atoms with Gasteiger partial charge >= 0.3 is 5.97 Å². The molecular formula is C29H48O2. The average Bonchev–Trinajstić information content (AvgIpc) is 3.04. The second kappa shape index (κ2) is 8.86. The molecule has 3 saturated carbocycles. The van der Waals surface area contributed by atoms with E-state index in [1.54, 1.807) is 5.57 Å². The van der Waals surface area contributed by atoms with Crippen molar-refractivity contribution in [3.8, 4) is 0 Å². The zero-order chi connectivity index (χ0) is 22.4. The molecule has 1 N–H and O–H groups in total. The topological polar surface area (TPSA) is 37.3 Å². The predicted octanol–water partition coefficient (Wildman–Crippen LogP) is 8.12. The fourth-order valence-corrected chi connectivity index (χ4v) is 9.35.